The molecule has 1 aromatic rings. The number of para-hydroxylation sites is 1. The molecule has 0 aromatic heterocycles. The number of ether oxygens (including phenoxy) is 1. The summed E-state index contributed by atoms with van der Waals surface area (Å²) in [5.41, 5.74) is 0.969. The summed E-state index contributed by atoms with van der Waals surface area (Å²) in [4.78, 5) is 23.8. The molecule has 6 nitrogen and oxygen atoms in total. The average molecular weight is 317 g/mol. The zero-order valence-corrected chi connectivity index (χ0v) is 14.0. The predicted octanol–water partition coefficient (Wildman–Crippen LogP) is 3.08. The Morgan fingerprint density at radius 3 is 2.61 bits per heavy atom. The molecule has 0 aliphatic carbocycles. The van der Waals surface area contributed by atoms with Crippen molar-refractivity contribution in [3.63, 3.8) is 0 Å². The minimum Gasteiger partial charge on any atom is -0.444 e. The summed E-state index contributed by atoms with van der Waals surface area (Å²) in [6.07, 6.45) is 0.318. The van der Waals surface area contributed by atoms with Crippen LogP contribution < -0.4 is 10.3 Å². The smallest absolute Gasteiger partial charge is 0.407 e. The van der Waals surface area contributed by atoms with Crippen LogP contribution in [0, 0.1) is 0 Å². The number of benzene rings is 1. The van der Waals surface area contributed by atoms with Crippen LogP contribution in [0.2, 0.25) is 0 Å². The second-order valence-electron chi connectivity index (χ2n) is 6.64. The second kappa shape index (κ2) is 6.81. The summed E-state index contributed by atoms with van der Waals surface area (Å²) in [6, 6.07) is 9.14. The van der Waals surface area contributed by atoms with E-state index in [1.807, 2.05) is 58.0 Å². The number of nitrogens with zero attached hydrogens (tertiary/aromatic N) is 2. The minimum absolute atomic E-state index is 0.0596. The molecule has 23 heavy (non-hydrogen) atoms. The fraction of sp³-hybridized carbons (Fsp3) is 0.471. The first-order chi connectivity index (χ1) is 10.7. The van der Waals surface area contributed by atoms with Gasteiger partial charge in [-0.3, -0.25) is 4.79 Å². The fourth-order valence-electron chi connectivity index (χ4n) is 2.28. The summed E-state index contributed by atoms with van der Waals surface area (Å²) in [6.45, 7) is 7.31. The van der Waals surface area contributed by atoms with Crippen molar-refractivity contribution in [3.05, 3.63) is 30.3 Å². The maximum Gasteiger partial charge on any atom is 0.407 e. The lowest BCUT2D eigenvalue weighted by Crippen LogP contribution is -2.38. The first-order valence-electron chi connectivity index (χ1n) is 7.68. The van der Waals surface area contributed by atoms with E-state index in [0.29, 0.717) is 6.42 Å². The molecule has 6 heteroatoms. The van der Waals surface area contributed by atoms with E-state index in [0.717, 1.165) is 11.4 Å². The van der Waals surface area contributed by atoms with E-state index in [-0.39, 0.29) is 18.4 Å². The average Bonchev–Trinajstić information content (AvgIpc) is 2.77. The van der Waals surface area contributed by atoms with Gasteiger partial charge in [0.1, 0.15) is 5.60 Å². The Bertz CT molecular complexity index is 605. The van der Waals surface area contributed by atoms with Gasteiger partial charge in [-0.15, -0.1) is 0 Å². The lowest BCUT2D eigenvalue weighted by molar-refractivity contribution is -0.116. The standard InChI is InChI=1S/C17H23N3O3/c1-12(18-16(22)23-17(2,3)4)10-13-11-15(21)20(19-13)14-8-6-5-7-9-14/h5-9,12H,10-11H2,1-4H3,(H,18,22)/t12-/m0/s1. The van der Waals surface area contributed by atoms with Gasteiger partial charge in [-0.1, -0.05) is 18.2 Å². The third-order valence-electron chi connectivity index (χ3n) is 3.14. The molecule has 0 saturated carbocycles. The molecule has 0 radical (unpaired) electrons. The summed E-state index contributed by atoms with van der Waals surface area (Å²) in [5, 5.41) is 8.54. The molecule has 2 amide bonds. The molecule has 0 fully saturated rings. The van der Waals surface area contributed by atoms with Crippen LogP contribution in [0.25, 0.3) is 0 Å². The van der Waals surface area contributed by atoms with Gasteiger partial charge in [-0.05, 0) is 39.8 Å². The van der Waals surface area contributed by atoms with Crippen LogP contribution in [0.1, 0.15) is 40.5 Å². The quantitative estimate of drug-likeness (QED) is 0.927. The van der Waals surface area contributed by atoms with E-state index >= 15 is 0 Å². The number of alkyl carbamates (subject to hydrolysis) is 1. The van der Waals surface area contributed by atoms with Crippen LogP contribution in [0.4, 0.5) is 10.5 Å². The van der Waals surface area contributed by atoms with E-state index in [4.69, 9.17) is 4.74 Å². The zero-order chi connectivity index (χ0) is 17.0. The highest BCUT2D eigenvalue weighted by molar-refractivity contribution is 6.13. The van der Waals surface area contributed by atoms with E-state index in [2.05, 4.69) is 10.4 Å². The number of hydrogen-bond acceptors (Lipinski definition) is 4. The number of anilines is 1. The lowest BCUT2D eigenvalue weighted by Gasteiger charge is -2.21. The normalized spacial score (nSPS) is 16.1. The molecule has 1 aliphatic heterocycles. The fourth-order valence-corrected chi connectivity index (χ4v) is 2.28. The third kappa shape index (κ3) is 5.09. The molecule has 1 aromatic carbocycles. The lowest BCUT2D eigenvalue weighted by atomic mass is 10.1. The molecule has 0 spiro atoms. The Balaban J connectivity index is 1.93. The number of nitrogens with one attached hydrogen (secondary N) is 1. The molecule has 0 bridgehead atoms. The van der Waals surface area contributed by atoms with Crippen LogP contribution in [0.5, 0.6) is 0 Å². The van der Waals surface area contributed by atoms with Gasteiger partial charge in [0, 0.05) is 12.5 Å². The summed E-state index contributed by atoms with van der Waals surface area (Å²) < 4.78 is 5.22. The molecule has 2 rings (SSSR count). The van der Waals surface area contributed by atoms with Gasteiger partial charge in [0.15, 0.2) is 0 Å². The Labute approximate surface area is 136 Å². The SMILES string of the molecule is C[C@@H](CC1=NN(c2ccccc2)C(=O)C1)NC(=O)OC(C)(C)C. The Kier molecular flexibility index (Phi) is 5.03. The highest BCUT2D eigenvalue weighted by atomic mass is 16.6. The molecule has 124 valence electrons. The van der Waals surface area contributed by atoms with Gasteiger partial charge < -0.3 is 10.1 Å². The third-order valence-corrected chi connectivity index (χ3v) is 3.14. The Morgan fingerprint density at radius 1 is 1.35 bits per heavy atom. The van der Waals surface area contributed by atoms with Gasteiger partial charge in [-0.2, -0.15) is 5.10 Å². The van der Waals surface area contributed by atoms with E-state index < -0.39 is 11.7 Å². The zero-order valence-electron chi connectivity index (χ0n) is 14.0. The highest BCUT2D eigenvalue weighted by Crippen LogP contribution is 2.21. The van der Waals surface area contributed by atoms with Crippen molar-refractivity contribution in [1.29, 1.82) is 0 Å². The monoisotopic (exact) mass is 317 g/mol. The molecule has 1 atom stereocenters. The van der Waals surface area contributed by atoms with Crippen molar-refractivity contribution in [2.45, 2.75) is 52.2 Å². The van der Waals surface area contributed by atoms with Crippen molar-refractivity contribution in [2.24, 2.45) is 5.10 Å². The number of carbonyl (C=O) groups excluding carboxylic acids is 2. The molecular formula is C17H23N3O3. The number of carbonyl (C=O) groups is 2. The van der Waals surface area contributed by atoms with Gasteiger partial charge >= 0.3 is 6.09 Å². The first kappa shape index (κ1) is 17.0. The predicted molar refractivity (Wildman–Crippen MR) is 89.4 cm³/mol. The summed E-state index contributed by atoms with van der Waals surface area (Å²) in [5.74, 6) is -0.0596. The molecular weight excluding hydrogens is 294 g/mol. The summed E-state index contributed by atoms with van der Waals surface area (Å²) in [7, 11) is 0. The maximum atomic E-state index is 12.1. The number of rotatable bonds is 4. The van der Waals surface area contributed by atoms with Crippen molar-refractivity contribution in [1.82, 2.24) is 5.32 Å². The topological polar surface area (TPSA) is 71.0 Å². The maximum absolute atomic E-state index is 12.1. The van der Waals surface area contributed by atoms with E-state index in [1.165, 1.54) is 5.01 Å². The van der Waals surface area contributed by atoms with E-state index in [9.17, 15) is 9.59 Å². The number of amides is 2. The van der Waals surface area contributed by atoms with Crippen LogP contribution in [0.15, 0.2) is 35.4 Å². The first-order valence-corrected chi connectivity index (χ1v) is 7.68. The number of hydrogen-bond donors (Lipinski definition) is 1. The number of hydrazone groups is 1. The highest BCUT2D eigenvalue weighted by Gasteiger charge is 2.26. The van der Waals surface area contributed by atoms with Crippen molar-refractivity contribution in [2.75, 3.05) is 5.01 Å². The van der Waals surface area contributed by atoms with Crippen LogP contribution in [-0.2, 0) is 9.53 Å². The van der Waals surface area contributed by atoms with Crippen LogP contribution in [-0.4, -0.2) is 29.4 Å². The van der Waals surface area contributed by atoms with Crippen LogP contribution >= 0.6 is 0 Å². The van der Waals surface area contributed by atoms with Crippen molar-refractivity contribution < 1.29 is 14.3 Å². The Morgan fingerprint density at radius 2 is 2.00 bits per heavy atom. The van der Waals surface area contributed by atoms with Crippen molar-refractivity contribution in [3.8, 4) is 0 Å². The molecule has 0 unspecified atom stereocenters. The molecule has 1 aliphatic rings. The van der Waals surface area contributed by atoms with Crippen molar-refractivity contribution >= 4 is 23.4 Å². The van der Waals surface area contributed by atoms with Gasteiger partial charge in [0.05, 0.1) is 17.8 Å². The van der Waals surface area contributed by atoms with Crippen LogP contribution in [0.3, 0.4) is 0 Å². The molecule has 1 heterocycles. The minimum atomic E-state index is -0.533. The van der Waals surface area contributed by atoms with Gasteiger partial charge in [0.2, 0.25) is 0 Å². The second-order valence-corrected chi connectivity index (χ2v) is 6.64. The largest absolute Gasteiger partial charge is 0.444 e. The summed E-state index contributed by atoms with van der Waals surface area (Å²) >= 11 is 0. The van der Waals surface area contributed by atoms with Gasteiger partial charge in [0.25, 0.3) is 5.91 Å². The van der Waals surface area contributed by atoms with E-state index in [1.54, 1.807) is 0 Å². The van der Waals surface area contributed by atoms with Gasteiger partial charge in [-0.25, -0.2) is 9.80 Å². The Hall–Kier alpha value is -2.37. The molecule has 1 N–H and O–H groups in total. The molecule has 0 saturated heterocycles.